The van der Waals surface area contributed by atoms with E-state index in [9.17, 15) is 13.2 Å². The van der Waals surface area contributed by atoms with Gasteiger partial charge in [0.2, 0.25) is 15.9 Å². The predicted octanol–water partition coefficient (Wildman–Crippen LogP) is 2.15. The number of carbonyl (C=O) groups excluding carboxylic acids is 1. The lowest BCUT2D eigenvalue weighted by Gasteiger charge is -2.23. The molecule has 0 saturated carbocycles. The highest BCUT2D eigenvalue weighted by Crippen LogP contribution is 2.23. The van der Waals surface area contributed by atoms with E-state index < -0.39 is 15.9 Å². The minimum atomic E-state index is -3.47. The quantitative estimate of drug-likeness (QED) is 0.830. The van der Waals surface area contributed by atoms with Crippen LogP contribution in [0.2, 0.25) is 0 Å². The number of hydrogen-bond acceptors (Lipinski definition) is 4. The summed E-state index contributed by atoms with van der Waals surface area (Å²) in [6.07, 6.45) is 1.15. The van der Waals surface area contributed by atoms with Crippen molar-refractivity contribution in [2.45, 2.75) is 13.5 Å². The number of anilines is 1. The van der Waals surface area contributed by atoms with Crippen molar-refractivity contribution < 1.29 is 17.9 Å². The van der Waals surface area contributed by atoms with Gasteiger partial charge in [-0.25, -0.2) is 8.42 Å². The molecule has 0 aromatic heterocycles. The van der Waals surface area contributed by atoms with Crippen LogP contribution in [-0.4, -0.2) is 27.2 Å². The van der Waals surface area contributed by atoms with Crippen LogP contribution in [0.5, 0.6) is 5.75 Å². The van der Waals surface area contributed by atoms with Gasteiger partial charge in [0.1, 0.15) is 5.75 Å². The minimum absolute atomic E-state index is 0.159. The first kappa shape index (κ1) is 17.8. The molecule has 0 atom stereocenters. The van der Waals surface area contributed by atoms with E-state index in [1.807, 2.05) is 6.92 Å². The molecule has 0 unspecified atom stereocenters. The summed E-state index contributed by atoms with van der Waals surface area (Å²) in [7, 11) is -3.47. The number of carbonyl (C=O) groups is 1. The summed E-state index contributed by atoms with van der Waals surface area (Å²) < 4.78 is 30.9. The molecule has 0 radical (unpaired) electrons. The topological polar surface area (TPSA) is 89.7 Å². The molecule has 6 nitrogen and oxygen atoms in total. The summed E-state index contributed by atoms with van der Waals surface area (Å²) in [6.45, 7) is 2.58. The number of nitrogens with two attached hydrogens (primary N) is 1. The van der Waals surface area contributed by atoms with Gasteiger partial charge in [-0.2, -0.15) is 0 Å². The van der Waals surface area contributed by atoms with Crippen molar-refractivity contribution >= 4 is 21.6 Å². The first-order valence-corrected chi connectivity index (χ1v) is 9.25. The van der Waals surface area contributed by atoms with Crippen LogP contribution in [0.15, 0.2) is 48.5 Å². The Morgan fingerprint density at radius 3 is 2.12 bits per heavy atom. The van der Waals surface area contributed by atoms with E-state index in [4.69, 9.17) is 10.5 Å². The second-order valence-corrected chi connectivity index (χ2v) is 7.16. The average molecular weight is 348 g/mol. The maximum Gasteiger partial charge on any atom is 0.248 e. The third-order valence-electron chi connectivity index (χ3n) is 3.40. The molecule has 0 aliphatic heterocycles. The van der Waals surface area contributed by atoms with E-state index in [1.54, 1.807) is 48.5 Å². The predicted molar refractivity (Wildman–Crippen MR) is 93.6 cm³/mol. The fourth-order valence-electron chi connectivity index (χ4n) is 2.22. The highest BCUT2D eigenvalue weighted by Gasteiger charge is 2.18. The molecule has 0 heterocycles. The van der Waals surface area contributed by atoms with Gasteiger partial charge in [0.05, 0.1) is 25.1 Å². The Bertz CT molecular complexity index is 799. The van der Waals surface area contributed by atoms with Crippen LogP contribution in [0.3, 0.4) is 0 Å². The van der Waals surface area contributed by atoms with Crippen molar-refractivity contribution in [2.24, 2.45) is 5.73 Å². The summed E-state index contributed by atoms with van der Waals surface area (Å²) in [5.74, 6) is 0.161. The molecule has 0 aliphatic rings. The molecule has 2 aromatic carbocycles. The molecule has 1 amide bonds. The van der Waals surface area contributed by atoms with E-state index in [1.165, 1.54) is 4.31 Å². The van der Waals surface area contributed by atoms with E-state index in [2.05, 4.69) is 0 Å². The summed E-state index contributed by atoms with van der Waals surface area (Å²) in [4.78, 5) is 11.1. The largest absolute Gasteiger partial charge is 0.494 e. The Labute approximate surface area is 141 Å². The molecule has 7 heteroatoms. The van der Waals surface area contributed by atoms with Crippen molar-refractivity contribution in [3.8, 4) is 5.75 Å². The molecule has 128 valence electrons. The monoisotopic (exact) mass is 348 g/mol. The maximum atomic E-state index is 12.1. The van der Waals surface area contributed by atoms with E-state index in [-0.39, 0.29) is 6.54 Å². The fourth-order valence-corrected chi connectivity index (χ4v) is 3.10. The molecule has 24 heavy (non-hydrogen) atoms. The van der Waals surface area contributed by atoms with Crippen LogP contribution in [0, 0.1) is 0 Å². The molecular formula is C17H20N2O4S. The number of nitrogens with zero attached hydrogens (tertiary/aromatic N) is 1. The van der Waals surface area contributed by atoms with Crippen molar-refractivity contribution in [1.82, 2.24) is 0 Å². The van der Waals surface area contributed by atoms with Gasteiger partial charge < -0.3 is 10.5 Å². The minimum Gasteiger partial charge on any atom is -0.494 e. The number of hydrogen-bond donors (Lipinski definition) is 1. The Hall–Kier alpha value is -2.54. The smallest absolute Gasteiger partial charge is 0.248 e. The van der Waals surface area contributed by atoms with Gasteiger partial charge in [0.15, 0.2) is 0 Å². The lowest BCUT2D eigenvalue weighted by atomic mass is 10.1. The van der Waals surface area contributed by atoms with Crippen molar-refractivity contribution in [3.05, 3.63) is 59.7 Å². The molecule has 2 rings (SSSR count). The number of rotatable bonds is 7. The molecule has 0 saturated heterocycles. The number of sulfonamides is 1. The van der Waals surface area contributed by atoms with E-state index >= 15 is 0 Å². The number of primary amides is 1. The summed E-state index contributed by atoms with van der Waals surface area (Å²) >= 11 is 0. The zero-order chi connectivity index (χ0) is 17.7. The lowest BCUT2D eigenvalue weighted by Crippen LogP contribution is -2.29. The average Bonchev–Trinajstić information content (AvgIpc) is 2.53. The Balaban J connectivity index is 2.27. The van der Waals surface area contributed by atoms with Crippen LogP contribution in [0.1, 0.15) is 22.8 Å². The van der Waals surface area contributed by atoms with Crippen LogP contribution in [0.4, 0.5) is 5.69 Å². The molecule has 2 aromatic rings. The number of ether oxygens (including phenoxy) is 1. The third kappa shape index (κ3) is 4.48. The zero-order valence-corrected chi connectivity index (χ0v) is 14.4. The highest BCUT2D eigenvalue weighted by atomic mass is 32.2. The molecule has 2 N–H and O–H groups in total. The highest BCUT2D eigenvalue weighted by molar-refractivity contribution is 7.92. The van der Waals surface area contributed by atoms with E-state index in [0.717, 1.165) is 11.8 Å². The molecule has 0 fully saturated rings. The molecular weight excluding hydrogens is 328 g/mol. The first-order chi connectivity index (χ1) is 11.3. The third-order valence-corrected chi connectivity index (χ3v) is 4.54. The van der Waals surface area contributed by atoms with Gasteiger partial charge in [0.25, 0.3) is 0 Å². The standard InChI is InChI=1S/C17H20N2O4S/c1-3-23-16-10-8-15(9-11-16)19(24(2,21)22)12-13-4-6-14(7-5-13)17(18)20/h4-11H,3,12H2,1-2H3,(H2,18,20). The van der Waals surface area contributed by atoms with Crippen LogP contribution in [0.25, 0.3) is 0 Å². The van der Waals surface area contributed by atoms with Gasteiger partial charge >= 0.3 is 0 Å². The summed E-state index contributed by atoms with van der Waals surface area (Å²) in [6, 6.07) is 13.4. The SMILES string of the molecule is CCOc1ccc(N(Cc2ccc(C(N)=O)cc2)S(C)(=O)=O)cc1. The van der Waals surface area contributed by atoms with Crippen LogP contribution < -0.4 is 14.8 Å². The van der Waals surface area contributed by atoms with Crippen molar-refractivity contribution in [1.29, 1.82) is 0 Å². The second-order valence-electron chi connectivity index (χ2n) is 5.26. The summed E-state index contributed by atoms with van der Waals surface area (Å²) in [5.41, 5.74) is 6.88. The second kappa shape index (κ2) is 7.35. The maximum absolute atomic E-state index is 12.1. The first-order valence-electron chi connectivity index (χ1n) is 7.40. The molecule has 0 aliphatic carbocycles. The molecule has 0 spiro atoms. The van der Waals surface area contributed by atoms with Gasteiger partial charge in [-0.05, 0) is 48.9 Å². The van der Waals surface area contributed by atoms with Crippen LogP contribution >= 0.6 is 0 Å². The summed E-state index contributed by atoms with van der Waals surface area (Å²) in [5, 5.41) is 0. The normalized spacial score (nSPS) is 11.1. The van der Waals surface area contributed by atoms with Crippen molar-refractivity contribution in [2.75, 3.05) is 17.2 Å². The lowest BCUT2D eigenvalue weighted by molar-refractivity contribution is 0.100. The Morgan fingerprint density at radius 1 is 1.08 bits per heavy atom. The Morgan fingerprint density at radius 2 is 1.67 bits per heavy atom. The number of benzene rings is 2. The molecule has 0 bridgehead atoms. The van der Waals surface area contributed by atoms with Gasteiger partial charge in [-0.1, -0.05) is 12.1 Å². The number of amides is 1. The zero-order valence-electron chi connectivity index (χ0n) is 13.6. The van der Waals surface area contributed by atoms with Crippen LogP contribution in [-0.2, 0) is 16.6 Å². The van der Waals surface area contributed by atoms with Gasteiger partial charge in [0, 0.05) is 5.56 Å². The van der Waals surface area contributed by atoms with E-state index in [0.29, 0.717) is 23.6 Å². The fraction of sp³-hybridized carbons (Fsp3) is 0.235. The van der Waals surface area contributed by atoms with Crippen molar-refractivity contribution in [3.63, 3.8) is 0 Å². The van der Waals surface area contributed by atoms with Gasteiger partial charge in [-0.3, -0.25) is 9.10 Å². The Kier molecular flexibility index (Phi) is 5.46. The van der Waals surface area contributed by atoms with Gasteiger partial charge in [-0.15, -0.1) is 0 Å².